The Kier molecular flexibility index (Phi) is 8.53. The average molecular weight is 455 g/mol. The van der Waals surface area contributed by atoms with E-state index >= 15 is 0 Å². The molecule has 2 amide bonds. The second kappa shape index (κ2) is 10.7. The molecule has 6 nitrogen and oxygen atoms in total. The third kappa shape index (κ3) is 7.81. The van der Waals surface area contributed by atoms with E-state index in [1.807, 2.05) is 36.4 Å². The quantitative estimate of drug-likeness (QED) is 0.577. The van der Waals surface area contributed by atoms with Crippen LogP contribution in [0.2, 0.25) is 0 Å². The Bertz CT molecular complexity index is 969. The lowest BCUT2D eigenvalue weighted by atomic mass is 9.80. The van der Waals surface area contributed by atoms with E-state index in [4.69, 9.17) is 9.47 Å². The van der Waals surface area contributed by atoms with E-state index in [1.165, 1.54) is 5.56 Å². The average Bonchev–Trinajstić information content (AvgIpc) is 2.73. The third-order valence-electron chi connectivity index (χ3n) is 5.25. The van der Waals surface area contributed by atoms with E-state index in [1.54, 1.807) is 0 Å². The van der Waals surface area contributed by atoms with E-state index < -0.39 is 11.8 Å². The third-order valence-corrected chi connectivity index (χ3v) is 5.25. The zero-order chi connectivity index (χ0) is 24.8. The fourth-order valence-electron chi connectivity index (χ4n) is 3.30. The van der Waals surface area contributed by atoms with Crippen LogP contribution in [0.1, 0.15) is 78.0 Å². The summed E-state index contributed by atoms with van der Waals surface area (Å²) in [4.78, 5) is 24.3. The number of hydrazine groups is 1. The molecular formula is C27H38N2O4. The Morgan fingerprint density at radius 2 is 1.33 bits per heavy atom. The Morgan fingerprint density at radius 3 is 1.85 bits per heavy atom. The summed E-state index contributed by atoms with van der Waals surface area (Å²) in [5.41, 5.74) is 7.87. The van der Waals surface area contributed by atoms with E-state index in [-0.39, 0.29) is 30.0 Å². The first-order valence-corrected chi connectivity index (χ1v) is 11.4. The molecule has 0 aliphatic rings. The predicted octanol–water partition coefficient (Wildman–Crippen LogP) is 5.01. The summed E-state index contributed by atoms with van der Waals surface area (Å²) in [6.07, 6.45) is 0. The van der Waals surface area contributed by atoms with Gasteiger partial charge < -0.3 is 9.47 Å². The van der Waals surface area contributed by atoms with E-state index in [0.29, 0.717) is 11.5 Å². The fourth-order valence-corrected chi connectivity index (χ4v) is 3.30. The minimum Gasteiger partial charge on any atom is -0.483 e. The van der Waals surface area contributed by atoms with E-state index in [9.17, 15) is 9.59 Å². The van der Waals surface area contributed by atoms with E-state index in [2.05, 4.69) is 72.3 Å². The van der Waals surface area contributed by atoms with Gasteiger partial charge in [-0.05, 0) is 45.6 Å². The number of benzene rings is 2. The second-order valence-corrected chi connectivity index (χ2v) is 10.6. The molecule has 0 aliphatic heterocycles. The highest BCUT2D eigenvalue weighted by Gasteiger charge is 2.23. The highest BCUT2D eigenvalue weighted by Crippen LogP contribution is 2.35. The standard InChI is InChI=1S/C27H38N2O4/c1-18(2)20-11-9-10-12-22(20)32-16-24(30)28-29-25(31)17-33-23-14-13-19(26(3,4)5)15-21(23)27(6,7)8/h9-15,18H,16-17H2,1-8H3,(H,28,30)(H,29,31). The van der Waals surface area contributed by atoms with Crippen molar-refractivity contribution in [3.8, 4) is 11.5 Å². The SMILES string of the molecule is CC(C)c1ccccc1OCC(=O)NNC(=O)COc1ccc(C(C)(C)C)cc1C(C)(C)C. The van der Waals surface area contributed by atoms with Gasteiger partial charge in [-0.2, -0.15) is 0 Å². The number of ether oxygens (including phenoxy) is 2. The van der Waals surface area contributed by atoms with Gasteiger partial charge in [0.25, 0.3) is 11.8 Å². The minimum atomic E-state index is -0.453. The number of hydrogen-bond acceptors (Lipinski definition) is 4. The van der Waals surface area contributed by atoms with Crippen molar-refractivity contribution in [1.29, 1.82) is 0 Å². The Morgan fingerprint density at radius 1 is 0.788 bits per heavy atom. The smallest absolute Gasteiger partial charge is 0.276 e. The molecule has 0 radical (unpaired) electrons. The van der Waals surface area contributed by atoms with Crippen molar-refractivity contribution in [2.75, 3.05) is 13.2 Å². The van der Waals surface area contributed by atoms with Crippen LogP contribution < -0.4 is 20.3 Å². The van der Waals surface area contributed by atoms with Crippen LogP contribution in [0.3, 0.4) is 0 Å². The zero-order valence-electron chi connectivity index (χ0n) is 21.2. The van der Waals surface area contributed by atoms with Crippen LogP contribution in [0.15, 0.2) is 42.5 Å². The summed E-state index contributed by atoms with van der Waals surface area (Å²) < 4.78 is 11.4. The van der Waals surface area contributed by atoms with Crippen LogP contribution in [0, 0.1) is 0 Å². The van der Waals surface area contributed by atoms with Gasteiger partial charge in [0.2, 0.25) is 0 Å². The van der Waals surface area contributed by atoms with E-state index in [0.717, 1.165) is 11.1 Å². The molecule has 2 rings (SSSR count). The van der Waals surface area contributed by atoms with Crippen LogP contribution in [0.5, 0.6) is 11.5 Å². The molecule has 2 aromatic carbocycles. The molecule has 2 N–H and O–H groups in total. The van der Waals surface area contributed by atoms with Gasteiger partial charge in [-0.15, -0.1) is 0 Å². The van der Waals surface area contributed by atoms with Crippen LogP contribution in [-0.2, 0) is 20.4 Å². The van der Waals surface area contributed by atoms with Gasteiger partial charge in [-0.25, -0.2) is 0 Å². The number of nitrogens with one attached hydrogen (secondary N) is 2. The number of hydrogen-bond donors (Lipinski definition) is 2. The van der Waals surface area contributed by atoms with Crippen molar-refractivity contribution >= 4 is 11.8 Å². The molecule has 0 aromatic heterocycles. The topological polar surface area (TPSA) is 76.7 Å². The van der Waals surface area contributed by atoms with Crippen molar-refractivity contribution in [3.63, 3.8) is 0 Å². The van der Waals surface area contributed by atoms with Gasteiger partial charge in [0.1, 0.15) is 11.5 Å². The summed E-state index contributed by atoms with van der Waals surface area (Å²) in [7, 11) is 0. The van der Waals surface area contributed by atoms with Crippen LogP contribution in [0.25, 0.3) is 0 Å². The molecule has 0 saturated carbocycles. The molecule has 180 valence electrons. The van der Waals surface area contributed by atoms with Crippen molar-refractivity contribution in [3.05, 3.63) is 59.2 Å². The highest BCUT2D eigenvalue weighted by molar-refractivity contribution is 5.83. The summed E-state index contributed by atoms with van der Waals surface area (Å²) in [6.45, 7) is 16.5. The van der Waals surface area contributed by atoms with Gasteiger partial charge in [0.05, 0.1) is 0 Å². The summed E-state index contributed by atoms with van der Waals surface area (Å²) in [6, 6.07) is 13.7. The van der Waals surface area contributed by atoms with Gasteiger partial charge >= 0.3 is 0 Å². The van der Waals surface area contributed by atoms with Gasteiger partial charge in [-0.3, -0.25) is 20.4 Å². The number of rotatable bonds is 7. The maximum absolute atomic E-state index is 12.2. The van der Waals surface area contributed by atoms with Crippen LogP contribution >= 0.6 is 0 Å². The molecule has 33 heavy (non-hydrogen) atoms. The van der Waals surface area contributed by atoms with Gasteiger partial charge in [-0.1, -0.05) is 85.7 Å². The lowest BCUT2D eigenvalue weighted by Crippen LogP contribution is -2.45. The first kappa shape index (κ1) is 26.2. The molecule has 6 heteroatoms. The summed E-state index contributed by atoms with van der Waals surface area (Å²) in [5.74, 6) is 0.686. The maximum atomic E-state index is 12.2. The largest absolute Gasteiger partial charge is 0.483 e. The van der Waals surface area contributed by atoms with Crippen LogP contribution in [0.4, 0.5) is 0 Å². The van der Waals surface area contributed by atoms with Crippen molar-refractivity contribution in [1.82, 2.24) is 10.9 Å². The van der Waals surface area contributed by atoms with Crippen LogP contribution in [-0.4, -0.2) is 25.0 Å². The predicted molar refractivity (Wildman–Crippen MR) is 132 cm³/mol. The lowest BCUT2D eigenvalue weighted by molar-refractivity contribution is -0.131. The normalized spacial score (nSPS) is 11.8. The van der Waals surface area contributed by atoms with Gasteiger partial charge in [0, 0.05) is 0 Å². The molecule has 0 spiro atoms. The molecular weight excluding hydrogens is 416 g/mol. The number of carbonyl (C=O) groups excluding carboxylic acids is 2. The molecule has 0 atom stereocenters. The molecule has 2 aromatic rings. The summed E-state index contributed by atoms with van der Waals surface area (Å²) in [5, 5.41) is 0. The summed E-state index contributed by atoms with van der Waals surface area (Å²) >= 11 is 0. The molecule has 0 heterocycles. The molecule has 0 saturated heterocycles. The van der Waals surface area contributed by atoms with Crippen molar-refractivity contribution < 1.29 is 19.1 Å². The minimum absolute atomic E-state index is 0.0118. The first-order chi connectivity index (χ1) is 15.3. The molecule has 0 unspecified atom stereocenters. The Balaban J connectivity index is 1.90. The Hall–Kier alpha value is -3.02. The fraction of sp³-hybridized carbons (Fsp3) is 0.481. The number of carbonyl (C=O) groups is 2. The maximum Gasteiger partial charge on any atom is 0.276 e. The lowest BCUT2D eigenvalue weighted by Gasteiger charge is -2.27. The Labute approximate surface area is 198 Å². The highest BCUT2D eigenvalue weighted by atomic mass is 16.5. The number of amides is 2. The molecule has 0 aliphatic carbocycles. The zero-order valence-corrected chi connectivity index (χ0v) is 21.2. The monoisotopic (exact) mass is 454 g/mol. The number of para-hydroxylation sites is 1. The van der Waals surface area contributed by atoms with Crippen molar-refractivity contribution in [2.45, 2.75) is 72.1 Å². The van der Waals surface area contributed by atoms with Crippen molar-refractivity contribution in [2.24, 2.45) is 0 Å². The second-order valence-electron chi connectivity index (χ2n) is 10.6. The molecule has 0 bridgehead atoms. The van der Waals surface area contributed by atoms with Gasteiger partial charge in [0.15, 0.2) is 13.2 Å². The molecule has 0 fully saturated rings. The first-order valence-electron chi connectivity index (χ1n) is 11.4.